The van der Waals surface area contributed by atoms with Crippen LogP contribution in [-0.4, -0.2) is 5.78 Å². The molecular weight excluding hydrogens is 326 g/mol. The molecule has 1 unspecified atom stereocenters. The standard InChI is InChI=1S/C16H11BrF2O/c17-13-4-2-1-3-9(13)5-11-6-10-7-14(18)15(19)8-12(10)16(11)20/h1-4,7-8,11H,5-6H2. The van der Waals surface area contributed by atoms with E-state index >= 15 is 0 Å². The fraction of sp³-hybridized carbons (Fsp3) is 0.188. The number of carbonyl (C=O) groups is 1. The molecule has 1 aliphatic rings. The second-order valence-corrected chi connectivity index (χ2v) is 5.84. The zero-order valence-corrected chi connectivity index (χ0v) is 12.1. The molecule has 0 saturated heterocycles. The van der Waals surface area contributed by atoms with Gasteiger partial charge in [-0.05, 0) is 42.2 Å². The van der Waals surface area contributed by atoms with Crippen LogP contribution in [0.1, 0.15) is 21.5 Å². The number of carbonyl (C=O) groups excluding carboxylic acids is 1. The number of halogens is 3. The van der Waals surface area contributed by atoms with Crippen LogP contribution < -0.4 is 0 Å². The van der Waals surface area contributed by atoms with Crippen molar-refractivity contribution in [2.24, 2.45) is 5.92 Å². The molecule has 2 aromatic carbocycles. The Morgan fingerprint density at radius 3 is 2.60 bits per heavy atom. The molecule has 20 heavy (non-hydrogen) atoms. The Kier molecular flexibility index (Phi) is 3.42. The first-order valence-electron chi connectivity index (χ1n) is 6.32. The van der Waals surface area contributed by atoms with Crippen molar-refractivity contribution in [3.05, 3.63) is 69.2 Å². The smallest absolute Gasteiger partial charge is 0.166 e. The lowest BCUT2D eigenvalue weighted by Gasteiger charge is -2.09. The van der Waals surface area contributed by atoms with E-state index in [0.717, 1.165) is 22.2 Å². The highest BCUT2D eigenvalue weighted by atomic mass is 79.9. The van der Waals surface area contributed by atoms with Gasteiger partial charge >= 0.3 is 0 Å². The highest BCUT2D eigenvalue weighted by Gasteiger charge is 2.32. The normalized spacial score (nSPS) is 17.4. The molecule has 0 spiro atoms. The van der Waals surface area contributed by atoms with Crippen molar-refractivity contribution in [2.45, 2.75) is 12.8 Å². The van der Waals surface area contributed by atoms with Gasteiger partial charge in [-0.1, -0.05) is 34.1 Å². The first-order valence-corrected chi connectivity index (χ1v) is 7.11. The first-order chi connectivity index (χ1) is 9.56. The third-order valence-corrected chi connectivity index (χ3v) is 4.45. The van der Waals surface area contributed by atoms with Crippen LogP contribution >= 0.6 is 15.9 Å². The summed E-state index contributed by atoms with van der Waals surface area (Å²) in [6.45, 7) is 0. The van der Waals surface area contributed by atoms with Gasteiger partial charge in [-0.3, -0.25) is 4.79 Å². The molecule has 0 heterocycles. The Labute approximate surface area is 123 Å². The van der Waals surface area contributed by atoms with Gasteiger partial charge < -0.3 is 0 Å². The maximum Gasteiger partial charge on any atom is 0.166 e. The molecule has 3 rings (SSSR count). The second-order valence-electron chi connectivity index (χ2n) is 4.98. The van der Waals surface area contributed by atoms with Crippen molar-refractivity contribution >= 4 is 21.7 Å². The van der Waals surface area contributed by atoms with Gasteiger partial charge in [0.1, 0.15) is 0 Å². The highest BCUT2D eigenvalue weighted by molar-refractivity contribution is 9.10. The maximum absolute atomic E-state index is 13.2. The average Bonchev–Trinajstić information content (AvgIpc) is 2.70. The monoisotopic (exact) mass is 336 g/mol. The van der Waals surface area contributed by atoms with Gasteiger partial charge in [-0.25, -0.2) is 8.78 Å². The van der Waals surface area contributed by atoms with Crippen molar-refractivity contribution in [2.75, 3.05) is 0 Å². The van der Waals surface area contributed by atoms with Crippen LogP contribution in [-0.2, 0) is 12.8 Å². The fourth-order valence-electron chi connectivity index (χ4n) is 2.66. The Morgan fingerprint density at radius 2 is 1.85 bits per heavy atom. The van der Waals surface area contributed by atoms with Crippen LogP contribution in [0.4, 0.5) is 8.78 Å². The van der Waals surface area contributed by atoms with E-state index in [-0.39, 0.29) is 11.7 Å². The lowest BCUT2D eigenvalue weighted by Crippen LogP contribution is -2.12. The van der Waals surface area contributed by atoms with Gasteiger partial charge in [0.25, 0.3) is 0 Å². The lowest BCUT2D eigenvalue weighted by molar-refractivity contribution is 0.0936. The molecule has 0 radical (unpaired) electrons. The van der Waals surface area contributed by atoms with Crippen LogP contribution in [0, 0.1) is 17.6 Å². The number of Topliss-reactive ketones (excluding diaryl/α,β-unsaturated/α-hetero) is 1. The molecule has 0 amide bonds. The molecule has 1 atom stereocenters. The number of hydrogen-bond acceptors (Lipinski definition) is 1. The third kappa shape index (κ3) is 2.29. The largest absolute Gasteiger partial charge is 0.294 e. The Bertz CT molecular complexity index is 697. The maximum atomic E-state index is 13.2. The van der Waals surface area contributed by atoms with Gasteiger partial charge in [0, 0.05) is 16.0 Å². The molecule has 0 saturated carbocycles. The molecule has 0 aliphatic heterocycles. The molecule has 0 aromatic heterocycles. The topological polar surface area (TPSA) is 17.1 Å². The fourth-order valence-corrected chi connectivity index (χ4v) is 3.11. The summed E-state index contributed by atoms with van der Waals surface area (Å²) in [6, 6.07) is 9.84. The molecule has 0 N–H and O–H groups in total. The summed E-state index contributed by atoms with van der Waals surface area (Å²) in [7, 11) is 0. The number of benzene rings is 2. The van der Waals surface area contributed by atoms with Crippen LogP contribution in [0.2, 0.25) is 0 Å². The van der Waals surface area contributed by atoms with Gasteiger partial charge in [-0.15, -0.1) is 0 Å². The average molecular weight is 337 g/mol. The van der Waals surface area contributed by atoms with Crippen molar-refractivity contribution in [1.82, 2.24) is 0 Å². The number of rotatable bonds is 2. The summed E-state index contributed by atoms with van der Waals surface area (Å²) < 4.78 is 27.4. The summed E-state index contributed by atoms with van der Waals surface area (Å²) in [5.74, 6) is -2.20. The quantitative estimate of drug-likeness (QED) is 0.797. The molecule has 0 fully saturated rings. The van der Waals surface area contributed by atoms with E-state index in [1.165, 1.54) is 0 Å². The van der Waals surface area contributed by atoms with E-state index in [2.05, 4.69) is 15.9 Å². The summed E-state index contributed by atoms with van der Waals surface area (Å²) >= 11 is 3.45. The highest BCUT2D eigenvalue weighted by Crippen LogP contribution is 2.32. The third-order valence-electron chi connectivity index (χ3n) is 3.67. The minimum Gasteiger partial charge on any atom is -0.294 e. The first kappa shape index (κ1) is 13.4. The van der Waals surface area contributed by atoms with Gasteiger partial charge in [-0.2, -0.15) is 0 Å². The van der Waals surface area contributed by atoms with E-state index < -0.39 is 11.6 Å². The predicted octanol–water partition coefficient (Wildman–Crippen LogP) is 4.33. The number of hydrogen-bond donors (Lipinski definition) is 0. The van der Waals surface area contributed by atoms with E-state index in [1.54, 1.807) is 0 Å². The molecule has 1 aliphatic carbocycles. The van der Waals surface area contributed by atoms with E-state index in [9.17, 15) is 13.6 Å². The molecule has 0 bridgehead atoms. The zero-order valence-electron chi connectivity index (χ0n) is 10.5. The number of ketones is 1. The van der Waals surface area contributed by atoms with Crippen molar-refractivity contribution in [3.8, 4) is 0 Å². The van der Waals surface area contributed by atoms with E-state index in [4.69, 9.17) is 0 Å². The summed E-state index contributed by atoms with van der Waals surface area (Å²) in [4.78, 5) is 12.3. The molecule has 2 aromatic rings. The summed E-state index contributed by atoms with van der Waals surface area (Å²) in [6.07, 6.45) is 1.03. The van der Waals surface area contributed by atoms with Gasteiger partial charge in [0.15, 0.2) is 17.4 Å². The van der Waals surface area contributed by atoms with Crippen LogP contribution in [0.15, 0.2) is 40.9 Å². The summed E-state index contributed by atoms with van der Waals surface area (Å²) in [5, 5.41) is 0. The number of fused-ring (bicyclic) bond motifs is 1. The molecule has 1 nitrogen and oxygen atoms in total. The zero-order chi connectivity index (χ0) is 14.3. The Morgan fingerprint density at radius 1 is 1.15 bits per heavy atom. The SMILES string of the molecule is O=C1c2cc(F)c(F)cc2CC1Cc1ccccc1Br. The minimum atomic E-state index is -0.960. The second kappa shape index (κ2) is 5.09. The van der Waals surface area contributed by atoms with Crippen LogP contribution in [0.3, 0.4) is 0 Å². The minimum absolute atomic E-state index is 0.102. The predicted molar refractivity (Wildman–Crippen MR) is 75.7 cm³/mol. The molecule has 102 valence electrons. The Balaban J connectivity index is 1.89. The Hall–Kier alpha value is -1.55. The summed E-state index contributed by atoms with van der Waals surface area (Å²) in [5.41, 5.74) is 1.95. The van der Waals surface area contributed by atoms with E-state index in [1.807, 2.05) is 24.3 Å². The van der Waals surface area contributed by atoms with E-state index in [0.29, 0.717) is 24.0 Å². The lowest BCUT2D eigenvalue weighted by atomic mass is 9.96. The van der Waals surface area contributed by atoms with Crippen molar-refractivity contribution in [1.29, 1.82) is 0 Å². The molecule has 4 heteroatoms. The van der Waals surface area contributed by atoms with Gasteiger partial charge in [0.05, 0.1) is 0 Å². The van der Waals surface area contributed by atoms with Crippen LogP contribution in [0.25, 0.3) is 0 Å². The van der Waals surface area contributed by atoms with Crippen molar-refractivity contribution in [3.63, 3.8) is 0 Å². The van der Waals surface area contributed by atoms with Gasteiger partial charge in [0.2, 0.25) is 0 Å². The molecular formula is C16H11BrF2O. The van der Waals surface area contributed by atoms with Crippen LogP contribution in [0.5, 0.6) is 0 Å². The van der Waals surface area contributed by atoms with Crippen molar-refractivity contribution < 1.29 is 13.6 Å².